The van der Waals surface area contributed by atoms with E-state index in [9.17, 15) is 9.59 Å². The van der Waals surface area contributed by atoms with Crippen LogP contribution >= 0.6 is 11.6 Å². The van der Waals surface area contributed by atoms with E-state index in [0.29, 0.717) is 53.4 Å². The van der Waals surface area contributed by atoms with Gasteiger partial charge in [0.25, 0.3) is 0 Å². The van der Waals surface area contributed by atoms with E-state index >= 15 is 0 Å². The number of anilines is 1. The molecule has 1 N–H and O–H groups in total. The summed E-state index contributed by atoms with van der Waals surface area (Å²) in [4.78, 5) is 27.7. The predicted octanol–water partition coefficient (Wildman–Crippen LogP) is 3.38. The van der Waals surface area contributed by atoms with Crippen molar-refractivity contribution in [3.05, 3.63) is 63.8 Å². The Bertz CT molecular complexity index is 1060. The summed E-state index contributed by atoms with van der Waals surface area (Å²) in [7, 11) is 0. The summed E-state index contributed by atoms with van der Waals surface area (Å²) in [6, 6.07) is 13.9. The number of rotatable bonds is 4. The topological polar surface area (TPSA) is 71.8 Å². The van der Waals surface area contributed by atoms with Gasteiger partial charge in [-0.15, -0.1) is 0 Å². The van der Waals surface area contributed by atoms with Crippen molar-refractivity contribution in [2.75, 3.05) is 38.2 Å². The zero-order valence-electron chi connectivity index (χ0n) is 15.1. The zero-order valence-corrected chi connectivity index (χ0v) is 15.9. The number of amides is 1. The third-order valence-corrected chi connectivity index (χ3v) is 4.91. The van der Waals surface area contributed by atoms with Gasteiger partial charge < -0.3 is 9.15 Å². The van der Waals surface area contributed by atoms with Gasteiger partial charge in [0.2, 0.25) is 17.2 Å². The Morgan fingerprint density at radius 2 is 1.79 bits per heavy atom. The number of nitrogens with zero attached hydrogens (tertiary/aromatic N) is 1. The highest BCUT2D eigenvalue weighted by atomic mass is 35.5. The quantitative estimate of drug-likeness (QED) is 0.729. The van der Waals surface area contributed by atoms with Crippen LogP contribution in [0.1, 0.15) is 0 Å². The maximum absolute atomic E-state index is 13.1. The largest absolute Gasteiger partial charge is 0.439 e. The van der Waals surface area contributed by atoms with Gasteiger partial charge in [0.1, 0.15) is 5.58 Å². The van der Waals surface area contributed by atoms with E-state index in [4.69, 9.17) is 20.8 Å². The molecule has 4 rings (SSSR count). The summed E-state index contributed by atoms with van der Waals surface area (Å²) in [6.45, 7) is 2.81. The first-order chi connectivity index (χ1) is 13.6. The molecule has 0 aliphatic carbocycles. The Labute approximate surface area is 166 Å². The normalized spacial score (nSPS) is 14.9. The molecule has 7 heteroatoms. The van der Waals surface area contributed by atoms with Crippen molar-refractivity contribution < 1.29 is 13.9 Å². The summed E-state index contributed by atoms with van der Waals surface area (Å²) in [5.74, 6) is -0.0974. The van der Waals surface area contributed by atoms with E-state index < -0.39 is 0 Å². The fraction of sp³-hybridized carbons (Fsp3) is 0.238. The maximum Gasteiger partial charge on any atom is 0.240 e. The van der Waals surface area contributed by atoms with E-state index in [2.05, 4.69) is 5.32 Å². The lowest BCUT2D eigenvalue weighted by molar-refractivity contribution is -0.118. The van der Waals surface area contributed by atoms with Crippen LogP contribution in [-0.4, -0.2) is 43.7 Å². The molecule has 3 aromatic rings. The zero-order chi connectivity index (χ0) is 19.5. The van der Waals surface area contributed by atoms with Crippen molar-refractivity contribution in [2.24, 2.45) is 0 Å². The Kier molecular flexibility index (Phi) is 5.43. The number of fused-ring (bicyclic) bond motifs is 1. The lowest BCUT2D eigenvalue weighted by Crippen LogP contribution is -2.41. The van der Waals surface area contributed by atoms with Crippen LogP contribution in [0.15, 0.2) is 57.7 Å². The second kappa shape index (κ2) is 8.14. The molecule has 1 fully saturated rings. The predicted molar refractivity (Wildman–Crippen MR) is 109 cm³/mol. The summed E-state index contributed by atoms with van der Waals surface area (Å²) >= 11 is 5.98. The summed E-state index contributed by atoms with van der Waals surface area (Å²) in [5.41, 5.74) is 1.16. The van der Waals surface area contributed by atoms with Crippen LogP contribution in [0.3, 0.4) is 0 Å². The number of hydrogen-bond acceptors (Lipinski definition) is 5. The molecule has 1 aromatic heterocycles. The second-order valence-electron chi connectivity index (χ2n) is 6.58. The van der Waals surface area contributed by atoms with Crippen LogP contribution in [0.2, 0.25) is 5.02 Å². The van der Waals surface area contributed by atoms with Crippen molar-refractivity contribution in [1.29, 1.82) is 0 Å². The lowest BCUT2D eigenvalue weighted by Gasteiger charge is -2.25. The lowest BCUT2D eigenvalue weighted by atomic mass is 10.0. The van der Waals surface area contributed by atoms with Crippen LogP contribution in [-0.2, 0) is 9.53 Å². The third kappa shape index (κ3) is 3.94. The monoisotopic (exact) mass is 398 g/mol. The number of para-hydroxylation sites is 1. The number of halogens is 1. The smallest absolute Gasteiger partial charge is 0.240 e. The van der Waals surface area contributed by atoms with Gasteiger partial charge in [0.05, 0.1) is 30.7 Å². The van der Waals surface area contributed by atoms with E-state index in [-0.39, 0.29) is 23.8 Å². The summed E-state index contributed by atoms with van der Waals surface area (Å²) in [6.07, 6.45) is 0. The van der Waals surface area contributed by atoms with Crippen LogP contribution in [0.25, 0.3) is 22.1 Å². The molecule has 144 valence electrons. The maximum atomic E-state index is 13.1. The van der Waals surface area contributed by atoms with Crippen molar-refractivity contribution in [3.63, 3.8) is 0 Å². The van der Waals surface area contributed by atoms with E-state index in [1.165, 1.54) is 0 Å². The molecule has 2 aromatic carbocycles. The fourth-order valence-corrected chi connectivity index (χ4v) is 3.36. The van der Waals surface area contributed by atoms with Gasteiger partial charge in [-0.05, 0) is 29.8 Å². The van der Waals surface area contributed by atoms with Gasteiger partial charge in [-0.1, -0.05) is 35.9 Å². The number of carbonyl (C=O) groups is 1. The minimum Gasteiger partial charge on any atom is -0.439 e. The number of hydrogen-bond donors (Lipinski definition) is 1. The van der Waals surface area contributed by atoms with Crippen molar-refractivity contribution in [1.82, 2.24) is 4.90 Å². The molecule has 0 bridgehead atoms. The molecule has 0 atom stereocenters. The molecule has 1 amide bonds. The van der Waals surface area contributed by atoms with Crippen LogP contribution in [0.4, 0.5) is 5.88 Å². The minimum atomic E-state index is -0.240. The highest BCUT2D eigenvalue weighted by molar-refractivity contribution is 6.30. The van der Waals surface area contributed by atoms with Crippen LogP contribution in [0, 0.1) is 0 Å². The Morgan fingerprint density at radius 1 is 1.07 bits per heavy atom. The molecule has 1 saturated heterocycles. The first kappa shape index (κ1) is 18.7. The van der Waals surface area contributed by atoms with Gasteiger partial charge in [-0.3, -0.25) is 19.8 Å². The SMILES string of the molecule is O=C(CN1CCOCC1)Nc1oc2ccccc2c(=O)c1-c1ccc(Cl)cc1. The minimum absolute atomic E-state index is 0.143. The average Bonchev–Trinajstić information content (AvgIpc) is 2.70. The molecule has 0 unspecified atom stereocenters. The number of carbonyl (C=O) groups excluding carboxylic acids is 1. The summed E-state index contributed by atoms with van der Waals surface area (Å²) < 4.78 is 11.2. The van der Waals surface area contributed by atoms with Crippen molar-refractivity contribution in [3.8, 4) is 11.1 Å². The number of ether oxygens (including phenoxy) is 1. The van der Waals surface area contributed by atoms with Crippen molar-refractivity contribution in [2.45, 2.75) is 0 Å². The number of nitrogens with one attached hydrogen (secondary N) is 1. The second-order valence-corrected chi connectivity index (χ2v) is 7.01. The molecule has 6 nitrogen and oxygen atoms in total. The van der Waals surface area contributed by atoms with E-state index in [1.807, 2.05) is 4.90 Å². The molecule has 0 saturated carbocycles. The Morgan fingerprint density at radius 3 is 2.54 bits per heavy atom. The van der Waals surface area contributed by atoms with Crippen molar-refractivity contribution >= 4 is 34.4 Å². The summed E-state index contributed by atoms with van der Waals surface area (Å²) in [5, 5.41) is 3.80. The fourth-order valence-electron chi connectivity index (χ4n) is 3.24. The molecule has 1 aliphatic rings. The van der Waals surface area contributed by atoms with Gasteiger partial charge in [-0.2, -0.15) is 0 Å². The molecule has 2 heterocycles. The Balaban J connectivity index is 1.73. The van der Waals surface area contributed by atoms with Gasteiger partial charge in [-0.25, -0.2) is 0 Å². The number of morpholine rings is 1. The third-order valence-electron chi connectivity index (χ3n) is 4.65. The molecule has 0 radical (unpaired) electrons. The van der Waals surface area contributed by atoms with E-state index in [1.54, 1.807) is 48.5 Å². The number of benzene rings is 2. The van der Waals surface area contributed by atoms with Crippen LogP contribution < -0.4 is 10.7 Å². The highest BCUT2D eigenvalue weighted by Crippen LogP contribution is 2.29. The van der Waals surface area contributed by atoms with E-state index in [0.717, 1.165) is 0 Å². The average molecular weight is 399 g/mol. The van der Waals surface area contributed by atoms with Crippen LogP contribution in [0.5, 0.6) is 0 Å². The molecular formula is C21H19ClN2O4. The first-order valence-electron chi connectivity index (χ1n) is 9.03. The molecule has 0 spiro atoms. The standard InChI is InChI=1S/C21H19ClN2O4/c22-15-7-5-14(6-8-15)19-20(26)16-3-1-2-4-17(16)28-21(19)23-18(25)13-24-9-11-27-12-10-24/h1-8H,9-13H2,(H,23,25). The Hall–Kier alpha value is -2.67. The molecule has 28 heavy (non-hydrogen) atoms. The van der Waals surface area contributed by atoms with Gasteiger partial charge in [0.15, 0.2) is 0 Å². The van der Waals surface area contributed by atoms with Gasteiger partial charge >= 0.3 is 0 Å². The highest BCUT2D eigenvalue weighted by Gasteiger charge is 2.20. The molecule has 1 aliphatic heterocycles. The molecular weight excluding hydrogens is 380 g/mol. The first-order valence-corrected chi connectivity index (χ1v) is 9.41. The van der Waals surface area contributed by atoms with Gasteiger partial charge in [0, 0.05) is 18.1 Å².